The lowest BCUT2D eigenvalue weighted by atomic mass is 9.84. The van der Waals surface area contributed by atoms with Crippen molar-refractivity contribution < 1.29 is 29.0 Å². The molecule has 4 N–H and O–H groups in total. The minimum Gasteiger partial charge on any atom is -0.444 e. The minimum absolute atomic E-state index is 0.00205. The highest BCUT2D eigenvalue weighted by Gasteiger charge is 2.37. The molecule has 0 bridgehead atoms. The Labute approximate surface area is 245 Å². The van der Waals surface area contributed by atoms with E-state index in [-0.39, 0.29) is 30.0 Å². The van der Waals surface area contributed by atoms with E-state index in [2.05, 4.69) is 20.9 Å². The van der Waals surface area contributed by atoms with Crippen LogP contribution in [0.2, 0.25) is 0 Å². The summed E-state index contributed by atoms with van der Waals surface area (Å²) in [5.41, 5.74) is -1.39. The second-order valence-electron chi connectivity index (χ2n) is 12.7. The predicted octanol–water partition coefficient (Wildman–Crippen LogP) is 2.84. The number of carbonyl (C=O) groups is 4. The number of anilines is 1. The topological polar surface area (TPSA) is 168 Å². The number of aliphatic imine (C=N–C) groups is 1. The lowest BCUT2D eigenvalue weighted by molar-refractivity contribution is -0.134. The van der Waals surface area contributed by atoms with Crippen molar-refractivity contribution in [3.05, 3.63) is 28.7 Å². The van der Waals surface area contributed by atoms with Crippen molar-refractivity contribution in [2.24, 2.45) is 16.8 Å². The molecule has 1 aromatic rings. The largest absolute Gasteiger partial charge is 0.444 e. The predicted molar refractivity (Wildman–Crippen MR) is 156 cm³/mol. The highest BCUT2D eigenvalue weighted by atomic mass is 16.6. The van der Waals surface area contributed by atoms with Crippen molar-refractivity contribution in [3.63, 3.8) is 0 Å². The Bertz CT molecular complexity index is 1240. The monoisotopic (exact) mass is 585 g/mol. The maximum atomic E-state index is 14.0. The van der Waals surface area contributed by atoms with Crippen LogP contribution in [0, 0.1) is 11.8 Å². The summed E-state index contributed by atoms with van der Waals surface area (Å²) >= 11 is 0. The van der Waals surface area contributed by atoms with Crippen LogP contribution in [0.1, 0.15) is 91.0 Å². The number of aromatic nitrogens is 1. The number of carbonyl (C=O) groups excluding carboxylic acids is 4. The molecule has 0 radical (unpaired) electrons. The first kappa shape index (κ1) is 31.4. The van der Waals surface area contributed by atoms with Gasteiger partial charge in [0.1, 0.15) is 17.3 Å². The smallest absolute Gasteiger partial charge is 0.412 e. The molecule has 3 aliphatic rings. The molecule has 1 aromatic heterocycles. The zero-order valence-electron chi connectivity index (χ0n) is 24.6. The maximum Gasteiger partial charge on any atom is 0.412 e. The van der Waals surface area contributed by atoms with E-state index in [1.165, 1.54) is 23.0 Å². The number of aliphatic hydroxyl groups is 1. The second kappa shape index (κ2) is 13.6. The highest BCUT2D eigenvalue weighted by Crippen LogP contribution is 2.31. The number of ether oxygens (including phenoxy) is 1. The van der Waals surface area contributed by atoms with Crippen molar-refractivity contribution in [1.29, 1.82) is 0 Å². The van der Waals surface area contributed by atoms with Gasteiger partial charge in [0.05, 0.1) is 6.04 Å². The van der Waals surface area contributed by atoms with Gasteiger partial charge in [-0.05, 0) is 70.9 Å². The van der Waals surface area contributed by atoms with Crippen molar-refractivity contribution >= 4 is 35.7 Å². The molecular formula is C30H43N5O7. The van der Waals surface area contributed by atoms with Gasteiger partial charge in [0.15, 0.2) is 6.10 Å². The van der Waals surface area contributed by atoms with Gasteiger partial charge in [0, 0.05) is 24.4 Å². The summed E-state index contributed by atoms with van der Waals surface area (Å²) in [7, 11) is 0. The van der Waals surface area contributed by atoms with Crippen LogP contribution < -0.4 is 21.5 Å². The van der Waals surface area contributed by atoms with Crippen molar-refractivity contribution in [2.45, 2.75) is 115 Å². The molecule has 0 spiro atoms. The highest BCUT2D eigenvalue weighted by molar-refractivity contribution is 5.94. The number of aliphatic hydroxyl groups excluding tert-OH is 1. The van der Waals surface area contributed by atoms with Gasteiger partial charge in [0.25, 0.3) is 11.5 Å². The van der Waals surface area contributed by atoms with Crippen LogP contribution >= 0.6 is 0 Å². The average Bonchev–Trinajstić information content (AvgIpc) is 3.66. The molecule has 4 amide bonds. The van der Waals surface area contributed by atoms with Crippen LogP contribution in [0.4, 0.5) is 10.5 Å². The summed E-state index contributed by atoms with van der Waals surface area (Å²) in [4.78, 5) is 68.8. The summed E-state index contributed by atoms with van der Waals surface area (Å²) in [6, 6.07) is 0.966. The van der Waals surface area contributed by atoms with E-state index in [0.29, 0.717) is 12.8 Å². The lowest BCUT2D eigenvalue weighted by Crippen LogP contribution is -2.53. The van der Waals surface area contributed by atoms with Gasteiger partial charge in [0.2, 0.25) is 11.8 Å². The number of hydrogen-bond donors (Lipinski definition) is 4. The second-order valence-corrected chi connectivity index (χ2v) is 12.7. The quantitative estimate of drug-likeness (QED) is 0.310. The van der Waals surface area contributed by atoms with Crippen molar-refractivity contribution in [3.8, 4) is 0 Å². The number of nitrogens with one attached hydrogen (secondary N) is 3. The fourth-order valence-electron chi connectivity index (χ4n) is 5.57. The minimum atomic E-state index is -1.59. The number of nitrogens with zero attached hydrogens (tertiary/aromatic N) is 2. The Morgan fingerprint density at radius 2 is 1.79 bits per heavy atom. The van der Waals surface area contributed by atoms with Crippen LogP contribution in [0.5, 0.6) is 0 Å². The zero-order chi connectivity index (χ0) is 30.4. The molecule has 12 heteroatoms. The van der Waals surface area contributed by atoms with E-state index in [4.69, 9.17) is 4.74 Å². The lowest BCUT2D eigenvalue weighted by Gasteiger charge is -2.30. The van der Waals surface area contributed by atoms with Gasteiger partial charge in [-0.25, -0.2) is 9.79 Å². The molecule has 1 aliphatic heterocycles. The average molecular weight is 586 g/mol. The molecule has 2 fully saturated rings. The van der Waals surface area contributed by atoms with Crippen LogP contribution in [0.3, 0.4) is 0 Å². The first-order valence-electron chi connectivity index (χ1n) is 15.0. The molecule has 2 heterocycles. The van der Waals surface area contributed by atoms with E-state index in [1.807, 2.05) is 0 Å². The number of rotatable bonds is 11. The van der Waals surface area contributed by atoms with E-state index < -0.39 is 53.2 Å². The molecule has 230 valence electrons. The van der Waals surface area contributed by atoms with Gasteiger partial charge in [-0.15, -0.1) is 0 Å². The summed E-state index contributed by atoms with van der Waals surface area (Å²) in [6.07, 6.45) is 8.00. The molecule has 0 aromatic carbocycles. The van der Waals surface area contributed by atoms with Gasteiger partial charge in [-0.3, -0.25) is 24.5 Å². The standard InChI is InChI=1S/C30H43N5O7/c1-30(2,3)42-29(41)34-21-10-7-15-35(28(21)40)23(16-18-8-5-4-6-9-18)26(38)33-22(17-19-13-14-31-25(19)37)24(36)27(39)32-20-11-12-20/h7,10,14-15,18-20,22-24,36H,4-6,8-9,11-13,16-17H2,1-3H3,(H,32,39)(H,33,38)(H,34,41)/t19-,22-,23-,24+/m0/s1. The van der Waals surface area contributed by atoms with E-state index in [9.17, 15) is 29.1 Å². The number of hydrogen-bond acceptors (Lipinski definition) is 7. The van der Waals surface area contributed by atoms with Crippen LogP contribution in [-0.4, -0.2) is 63.5 Å². The number of amides is 4. The number of pyridine rings is 1. The molecule has 42 heavy (non-hydrogen) atoms. The first-order valence-corrected chi connectivity index (χ1v) is 15.0. The summed E-state index contributed by atoms with van der Waals surface area (Å²) in [5, 5.41) is 19.1. The summed E-state index contributed by atoms with van der Waals surface area (Å²) in [5.74, 6) is -1.90. The SMILES string of the molecule is CC(C)(C)OC(=O)Nc1cccn([C@@H](CC2CCCCC2)C(=O)N[C@@H](C[C@@H]2CC=NC2=O)[C@@H](O)C(=O)NC2CC2)c1=O. The van der Waals surface area contributed by atoms with Crippen molar-refractivity contribution in [2.75, 3.05) is 5.32 Å². The molecular weight excluding hydrogens is 542 g/mol. The Balaban J connectivity index is 1.59. The first-order chi connectivity index (χ1) is 19.9. The van der Waals surface area contributed by atoms with Crippen LogP contribution in [0.15, 0.2) is 28.1 Å². The third kappa shape index (κ3) is 8.73. The fraction of sp³-hybridized carbons (Fsp3) is 0.667. The van der Waals surface area contributed by atoms with Crippen molar-refractivity contribution in [1.82, 2.24) is 15.2 Å². The summed E-state index contributed by atoms with van der Waals surface area (Å²) in [6.45, 7) is 5.13. The van der Waals surface area contributed by atoms with Gasteiger partial charge in [-0.1, -0.05) is 32.1 Å². The Morgan fingerprint density at radius 3 is 2.40 bits per heavy atom. The van der Waals surface area contributed by atoms with Crippen LogP contribution in [0.25, 0.3) is 0 Å². The molecule has 4 rings (SSSR count). The van der Waals surface area contributed by atoms with E-state index in [0.717, 1.165) is 44.9 Å². The summed E-state index contributed by atoms with van der Waals surface area (Å²) < 4.78 is 6.58. The third-order valence-corrected chi connectivity index (χ3v) is 7.93. The molecule has 0 saturated heterocycles. The maximum absolute atomic E-state index is 14.0. The third-order valence-electron chi connectivity index (χ3n) is 7.93. The van der Waals surface area contributed by atoms with Gasteiger partial charge < -0.3 is 25.0 Å². The van der Waals surface area contributed by atoms with E-state index in [1.54, 1.807) is 26.8 Å². The Hall–Kier alpha value is -3.54. The normalized spacial score (nSPS) is 21.3. The van der Waals surface area contributed by atoms with E-state index >= 15 is 0 Å². The molecule has 2 saturated carbocycles. The Kier molecular flexibility index (Phi) is 10.2. The van der Waals surface area contributed by atoms with Crippen LogP contribution in [-0.2, 0) is 19.1 Å². The molecule has 4 atom stereocenters. The van der Waals surface area contributed by atoms with Gasteiger partial charge >= 0.3 is 6.09 Å². The van der Waals surface area contributed by atoms with Gasteiger partial charge in [-0.2, -0.15) is 0 Å². The molecule has 2 aliphatic carbocycles. The molecule has 0 unspecified atom stereocenters. The fourth-order valence-corrected chi connectivity index (χ4v) is 5.57. The Morgan fingerprint density at radius 1 is 1.07 bits per heavy atom. The molecule has 12 nitrogen and oxygen atoms in total. The zero-order valence-corrected chi connectivity index (χ0v) is 24.6.